The van der Waals surface area contributed by atoms with Gasteiger partial charge in [0.25, 0.3) is 11.5 Å². The van der Waals surface area contributed by atoms with Crippen LogP contribution in [0.3, 0.4) is 0 Å². The Kier molecular flexibility index (Phi) is 5.37. The third-order valence-electron chi connectivity index (χ3n) is 5.12. The smallest absolute Gasteiger partial charge is 0.269 e. The minimum Gasteiger partial charge on any atom is -0.352 e. The number of aromatic amines is 1. The van der Waals surface area contributed by atoms with Gasteiger partial charge in [0, 0.05) is 17.5 Å². The second-order valence-corrected chi connectivity index (χ2v) is 7.27. The van der Waals surface area contributed by atoms with Gasteiger partial charge in [0.15, 0.2) is 0 Å². The molecule has 0 radical (unpaired) electrons. The number of carbonyl (C=O) groups excluding carboxylic acids is 2. The Labute approximate surface area is 166 Å². The number of para-hydroxylation sites is 1. The molecule has 0 bridgehead atoms. The Morgan fingerprint density at radius 3 is 2.72 bits per heavy atom. The second kappa shape index (κ2) is 8.26. The van der Waals surface area contributed by atoms with Crippen molar-refractivity contribution in [3.8, 4) is 0 Å². The van der Waals surface area contributed by atoms with Gasteiger partial charge in [-0.25, -0.2) is 0 Å². The van der Waals surface area contributed by atoms with Crippen molar-refractivity contribution < 1.29 is 9.59 Å². The lowest BCUT2D eigenvalue weighted by molar-refractivity contribution is -0.122. The van der Waals surface area contributed by atoms with E-state index in [1.165, 1.54) is 6.20 Å². The number of nitrogens with zero attached hydrogens (tertiary/aromatic N) is 3. The largest absolute Gasteiger partial charge is 0.352 e. The first-order valence-electron chi connectivity index (χ1n) is 9.63. The summed E-state index contributed by atoms with van der Waals surface area (Å²) in [7, 11) is 0. The second-order valence-electron chi connectivity index (χ2n) is 7.27. The van der Waals surface area contributed by atoms with Gasteiger partial charge >= 0.3 is 0 Å². The van der Waals surface area contributed by atoms with Gasteiger partial charge in [0.2, 0.25) is 5.91 Å². The molecule has 2 heterocycles. The lowest BCUT2D eigenvalue weighted by Crippen LogP contribution is -2.46. The first-order chi connectivity index (χ1) is 14.1. The van der Waals surface area contributed by atoms with Gasteiger partial charge in [0.05, 0.1) is 24.1 Å². The van der Waals surface area contributed by atoms with Gasteiger partial charge in [-0.2, -0.15) is 5.10 Å². The quantitative estimate of drug-likeness (QED) is 0.595. The molecular formula is C20H22N6O3. The summed E-state index contributed by atoms with van der Waals surface area (Å²) in [6, 6.07) is 7.66. The van der Waals surface area contributed by atoms with E-state index in [0.29, 0.717) is 6.42 Å². The fraction of sp³-hybridized carbons (Fsp3) is 0.350. The number of carbonyl (C=O) groups is 2. The summed E-state index contributed by atoms with van der Waals surface area (Å²) in [4.78, 5) is 42.3. The van der Waals surface area contributed by atoms with Crippen molar-refractivity contribution in [1.82, 2.24) is 30.4 Å². The van der Waals surface area contributed by atoms with Crippen LogP contribution in [0.5, 0.6) is 0 Å². The molecule has 3 aromatic rings. The zero-order valence-corrected chi connectivity index (χ0v) is 15.8. The first kappa shape index (κ1) is 18.9. The molecule has 3 N–H and O–H groups in total. The van der Waals surface area contributed by atoms with Crippen LogP contribution in [0.1, 0.15) is 36.2 Å². The lowest BCUT2D eigenvalue weighted by Gasteiger charge is -2.30. The summed E-state index contributed by atoms with van der Waals surface area (Å²) in [5.74, 6) is -0.470. The Morgan fingerprint density at radius 1 is 1.10 bits per heavy atom. The highest BCUT2D eigenvalue weighted by molar-refractivity contribution is 5.92. The normalized spacial score (nSPS) is 19.0. The number of rotatable bonds is 5. The predicted octanol–water partition coefficient (Wildman–Crippen LogP) is 0.977. The summed E-state index contributed by atoms with van der Waals surface area (Å²) in [5.41, 5.74) is 0.633. The predicted molar refractivity (Wildman–Crippen MR) is 106 cm³/mol. The van der Waals surface area contributed by atoms with Crippen molar-refractivity contribution in [2.75, 3.05) is 0 Å². The van der Waals surface area contributed by atoms with E-state index < -0.39 is 5.56 Å². The molecular weight excluding hydrogens is 372 g/mol. The number of aromatic nitrogens is 4. The molecule has 1 aliphatic carbocycles. The van der Waals surface area contributed by atoms with E-state index in [1.54, 1.807) is 10.9 Å². The minimum atomic E-state index is -0.419. The summed E-state index contributed by atoms with van der Waals surface area (Å²) < 4.78 is 1.69. The molecule has 29 heavy (non-hydrogen) atoms. The number of hydrogen-bond donors (Lipinski definition) is 3. The summed E-state index contributed by atoms with van der Waals surface area (Å²) >= 11 is 0. The van der Waals surface area contributed by atoms with Gasteiger partial charge in [-0.05, 0) is 31.7 Å². The third kappa shape index (κ3) is 4.50. The number of benzene rings is 1. The summed E-state index contributed by atoms with van der Waals surface area (Å²) in [5, 5.41) is 11.3. The Balaban J connectivity index is 1.33. The van der Waals surface area contributed by atoms with Crippen molar-refractivity contribution in [3.05, 3.63) is 58.9 Å². The van der Waals surface area contributed by atoms with Gasteiger partial charge in [-0.3, -0.25) is 24.0 Å². The van der Waals surface area contributed by atoms with Crippen LogP contribution in [0.25, 0.3) is 10.9 Å². The van der Waals surface area contributed by atoms with Crippen LogP contribution in [-0.4, -0.2) is 43.6 Å². The van der Waals surface area contributed by atoms with Crippen LogP contribution in [0.2, 0.25) is 0 Å². The van der Waals surface area contributed by atoms with Crippen molar-refractivity contribution in [2.45, 2.75) is 44.3 Å². The molecule has 2 aromatic heterocycles. The SMILES string of the molecule is O=C(Cn1ncc2ccccc21)N[C@@H]1CCC[C@@H](NC(=O)c2cncc(=O)[nH]2)C1. The van der Waals surface area contributed by atoms with Crippen molar-refractivity contribution in [3.63, 3.8) is 0 Å². The summed E-state index contributed by atoms with van der Waals surface area (Å²) in [6.07, 6.45) is 7.41. The molecule has 1 fully saturated rings. The molecule has 150 valence electrons. The van der Waals surface area contributed by atoms with Crippen LogP contribution < -0.4 is 16.2 Å². The van der Waals surface area contributed by atoms with Crippen LogP contribution >= 0.6 is 0 Å². The van der Waals surface area contributed by atoms with Gasteiger partial charge in [-0.1, -0.05) is 18.2 Å². The monoisotopic (exact) mass is 394 g/mol. The maximum Gasteiger partial charge on any atom is 0.269 e. The fourth-order valence-corrected chi connectivity index (χ4v) is 3.77. The topological polar surface area (TPSA) is 122 Å². The average molecular weight is 394 g/mol. The van der Waals surface area contributed by atoms with Crippen molar-refractivity contribution >= 4 is 22.7 Å². The van der Waals surface area contributed by atoms with Gasteiger partial charge < -0.3 is 15.6 Å². The van der Waals surface area contributed by atoms with Crippen molar-refractivity contribution in [2.24, 2.45) is 0 Å². The Bertz CT molecular complexity index is 1090. The average Bonchev–Trinajstić information content (AvgIpc) is 3.11. The summed E-state index contributed by atoms with van der Waals surface area (Å²) in [6.45, 7) is 0.151. The van der Waals surface area contributed by atoms with Gasteiger partial charge in [0.1, 0.15) is 12.2 Å². The number of amides is 2. The van der Waals surface area contributed by atoms with E-state index in [9.17, 15) is 14.4 Å². The molecule has 0 spiro atoms. The Morgan fingerprint density at radius 2 is 1.90 bits per heavy atom. The van der Waals surface area contributed by atoms with E-state index in [-0.39, 0.29) is 36.1 Å². The molecule has 0 saturated heterocycles. The van der Waals surface area contributed by atoms with E-state index in [2.05, 4.69) is 25.7 Å². The van der Waals surface area contributed by atoms with E-state index in [0.717, 1.165) is 36.4 Å². The molecule has 1 aromatic carbocycles. The molecule has 4 rings (SSSR count). The molecule has 2 amide bonds. The highest BCUT2D eigenvalue weighted by Gasteiger charge is 2.25. The Hall–Kier alpha value is -3.49. The van der Waals surface area contributed by atoms with Crippen LogP contribution in [0.15, 0.2) is 47.7 Å². The van der Waals surface area contributed by atoms with Crippen LogP contribution in [0.4, 0.5) is 0 Å². The van der Waals surface area contributed by atoms with Gasteiger partial charge in [-0.15, -0.1) is 0 Å². The molecule has 0 unspecified atom stereocenters. The van der Waals surface area contributed by atoms with Crippen molar-refractivity contribution in [1.29, 1.82) is 0 Å². The standard InChI is InChI=1S/C20H22N6O3/c27-18-11-21-10-16(25-18)20(29)24-15-6-3-5-14(8-15)23-19(28)12-26-17-7-2-1-4-13(17)9-22-26/h1-2,4,7,9-11,14-15H,3,5-6,8,12H2,(H,23,28)(H,24,29)(H,25,27)/t14-,15-/m1/s1. The molecule has 1 saturated carbocycles. The van der Waals surface area contributed by atoms with Crippen LogP contribution in [-0.2, 0) is 11.3 Å². The highest BCUT2D eigenvalue weighted by atomic mass is 16.2. The van der Waals surface area contributed by atoms with E-state index in [4.69, 9.17) is 0 Å². The number of H-pyrrole nitrogens is 1. The van der Waals surface area contributed by atoms with E-state index >= 15 is 0 Å². The molecule has 9 nitrogen and oxygen atoms in total. The third-order valence-corrected chi connectivity index (χ3v) is 5.12. The zero-order chi connectivity index (χ0) is 20.2. The van der Waals surface area contributed by atoms with E-state index in [1.807, 2.05) is 24.3 Å². The van der Waals surface area contributed by atoms with Crippen LogP contribution in [0, 0.1) is 0 Å². The lowest BCUT2D eigenvalue weighted by atomic mass is 9.91. The maximum atomic E-state index is 12.5. The fourth-order valence-electron chi connectivity index (χ4n) is 3.77. The minimum absolute atomic E-state index is 0.0173. The number of hydrogen-bond acceptors (Lipinski definition) is 5. The highest BCUT2D eigenvalue weighted by Crippen LogP contribution is 2.19. The molecule has 0 aliphatic heterocycles. The first-order valence-corrected chi connectivity index (χ1v) is 9.63. The zero-order valence-electron chi connectivity index (χ0n) is 15.8. The molecule has 1 aliphatic rings. The molecule has 9 heteroatoms. The number of fused-ring (bicyclic) bond motifs is 1. The maximum absolute atomic E-state index is 12.5. The number of nitrogens with one attached hydrogen (secondary N) is 3. The molecule has 2 atom stereocenters.